The maximum absolute atomic E-state index is 12.9. The van der Waals surface area contributed by atoms with Crippen LogP contribution >= 0.6 is 0 Å². The van der Waals surface area contributed by atoms with Gasteiger partial charge in [0.05, 0.1) is 5.56 Å². The van der Waals surface area contributed by atoms with E-state index < -0.39 is 17.5 Å². The van der Waals surface area contributed by atoms with E-state index in [1.54, 1.807) is 0 Å². The Hall–Kier alpha value is -1.49. The predicted octanol–water partition coefficient (Wildman–Crippen LogP) is 0.911. The molecular weight excluding hydrogens is 178 g/mol. The Labute approximate surface area is 73.7 Å². The smallest absolute Gasteiger partial charge is 0.270 e. The zero-order valence-electron chi connectivity index (χ0n) is 6.92. The van der Waals surface area contributed by atoms with E-state index in [1.165, 1.54) is 7.05 Å². The minimum Gasteiger partial charge on any atom is -0.280 e. The minimum atomic E-state index is -0.915. The van der Waals surface area contributed by atoms with Gasteiger partial charge in [-0.1, -0.05) is 0 Å². The summed E-state index contributed by atoms with van der Waals surface area (Å²) >= 11 is 0. The highest BCUT2D eigenvalue weighted by Crippen LogP contribution is 2.10. The number of rotatable bonds is 1. The van der Waals surface area contributed by atoms with Gasteiger partial charge in [0, 0.05) is 13.1 Å². The summed E-state index contributed by atoms with van der Waals surface area (Å²) in [6.07, 6.45) is 0. The van der Waals surface area contributed by atoms with E-state index in [-0.39, 0.29) is 5.56 Å². The summed E-state index contributed by atoms with van der Waals surface area (Å²) in [6, 6.07) is 2.69. The van der Waals surface area contributed by atoms with Crippen molar-refractivity contribution in [1.82, 2.24) is 5.01 Å². The molecule has 1 amide bonds. The van der Waals surface area contributed by atoms with Crippen LogP contribution in [0.25, 0.3) is 0 Å². The van der Waals surface area contributed by atoms with Gasteiger partial charge in [-0.05, 0) is 12.1 Å². The first-order valence-corrected chi connectivity index (χ1v) is 3.50. The lowest BCUT2D eigenvalue weighted by molar-refractivity contribution is 0.0790. The molecule has 0 aliphatic rings. The van der Waals surface area contributed by atoms with Gasteiger partial charge in [-0.15, -0.1) is 0 Å². The predicted molar refractivity (Wildman–Crippen MR) is 42.6 cm³/mol. The van der Waals surface area contributed by atoms with E-state index in [4.69, 9.17) is 5.84 Å². The summed E-state index contributed by atoms with van der Waals surface area (Å²) < 4.78 is 25.3. The maximum atomic E-state index is 12.9. The van der Waals surface area contributed by atoms with Crippen molar-refractivity contribution in [1.29, 1.82) is 0 Å². The standard InChI is InChI=1S/C8H8F2N2O/c1-12(11)8(13)6-3-2-5(9)4-7(6)10/h2-4H,11H2,1H3. The van der Waals surface area contributed by atoms with Crippen molar-refractivity contribution in [2.45, 2.75) is 0 Å². The van der Waals surface area contributed by atoms with Crippen LogP contribution in [0.2, 0.25) is 0 Å². The van der Waals surface area contributed by atoms with E-state index in [9.17, 15) is 13.6 Å². The molecule has 0 bridgehead atoms. The highest BCUT2D eigenvalue weighted by molar-refractivity contribution is 5.93. The molecule has 13 heavy (non-hydrogen) atoms. The molecule has 70 valence electrons. The number of hydrogen-bond donors (Lipinski definition) is 1. The average molecular weight is 186 g/mol. The third kappa shape index (κ3) is 2.00. The van der Waals surface area contributed by atoms with Crippen LogP contribution in [0, 0.1) is 11.6 Å². The molecule has 0 saturated heterocycles. The van der Waals surface area contributed by atoms with Crippen molar-refractivity contribution in [2.75, 3.05) is 7.05 Å². The topological polar surface area (TPSA) is 46.3 Å². The van der Waals surface area contributed by atoms with Crippen LogP contribution in [0.1, 0.15) is 10.4 Å². The van der Waals surface area contributed by atoms with Crippen molar-refractivity contribution in [3.05, 3.63) is 35.4 Å². The fourth-order valence-corrected chi connectivity index (χ4v) is 0.853. The normalized spacial score (nSPS) is 9.85. The molecule has 0 atom stereocenters. The molecule has 5 heteroatoms. The van der Waals surface area contributed by atoms with Crippen molar-refractivity contribution in [3.63, 3.8) is 0 Å². The molecule has 0 saturated carbocycles. The number of nitrogens with zero attached hydrogens (tertiary/aromatic N) is 1. The molecule has 0 heterocycles. The second kappa shape index (κ2) is 3.49. The summed E-state index contributed by atoms with van der Waals surface area (Å²) in [6.45, 7) is 0. The molecule has 0 unspecified atom stereocenters. The van der Waals surface area contributed by atoms with Gasteiger partial charge in [-0.2, -0.15) is 0 Å². The lowest BCUT2D eigenvalue weighted by atomic mass is 10.2. The van der Waals surface area contributed by atoms with E-state index in [0.717, 1.165) is 17.1 Å². The lowest BCUT2D eigenvalue weighted by Crippen LogP contribution is -2.33. The minimum absolute atomic E-state index is 0.244. The number of amides is 1. The third-order valence-electron chi connectivity index (χ3n) is 1.48. The van der Waals surface area contributed by atoms with Crippen molar-refractivity contribution < 1.29 is 13.6 Å². The molecule has 3 nitrogen and oxygen atoms in total. The summed E-state index contributed by atoms with van der Waals surface area (Å²) in [5, 5.41) is 0.732. The molecule has 1 aromatic carbocycles. The summed E-state index contributed by atoms with van der Waals surface area (Å²) in [5.74, 6) is 2.76. The van der Waals surface area contributed by atoms with E-state index in [0.29, 0.717) is 6.07 Å². The molecule has 0 aliphatic heterocycles. The molecule has 0 aromatic heterocycles. The van der Waals surface area contributed by atoms with Gasteiger partial charge in [0.25, 0.3) is 5.91 Å². The Kier molecular flexibility index (Phi) is 2.57. The summed E-state index contributed by atoms with van der Waals surface area (Å²) in [4.78, 5) is 11.1. The van der Waals surface area contributed by atoms with Crippen molar-refractivity contribution >= 4 is 5.91 Å². The Balaban J connectivity index is 3.09. The van der Waals surface area contributed by atoms with Crippen LogP contribution in [-0.4, -0.2) is 18.0 Å². The number of nitrogens with two attached hydrogens (primary N) is 1. The zero-order chi connectivity index (χ0) is 10.0. The number of halogens is 2. The molecule has 2 N–H and O–H groups in total. The molecule has 0 radical (unpaired) electrons. The molecule has 0 aliphatic carbocycles. The number of hydrogen-bond acceptors (Lipinski definition) is 2. The highest BCUT2D eigenvalue weighted by atomic mass is 19.1. The fourth-order valence-electron chi connectivity index (χ4n) is 0.853. The lowest BCUT2D eigenvalue weighted by Gasteiger charge is -2.09. The van der Waals surface area contributed by atoms with Gasteiger partial charge < -0.3 is 0 Å². The van der Waals surface area contributed by atoms with Gasteiger partial charge >= 0.3 is 0 Å². The first kappa shape index (κ1) is 9.60. The first-order valence-electron chi connectivity index (χ1n) is 3.50. The third-order valence-corrected chi connectivity index (χ3v) is 1.48. The van der Waals surface area contributed by atoms with Crippen LogP contribution in [-0.2, 0) is 0 Å². The summed E-state index contributed by atoms with van der Waals surface area (Å²) in [5.41, 5.74) is -0.244. The van der Waals surface area contributed by atoms with Gasteiger partial charge in [-0.3, -0.25) is 9.80 Å². The zero-order valence-corrected chi connectivity index (χ0v) is 6.92. The molecule has 0 fully saturated rings. The van der Waals surface area contributed by atoms with Gasteiger partial charge in [0.15, 0.2) is 0 Å². The summed E-state index contributed by atoms with van der Waals surface area (Å²) in [7, 11) is 1.28. The van der Waals surface area contributed by atoms with Crippen LogP contribution in [0.3, 0.4) is 0 Å². The fraction of sp³-hybridized carbons (Fsp3) is 0.125. The Morgan fingerprint density at radius 1 is 1.46 bits per heavy atom. The molecule has 0 spiro atoms. The monoisotopic (exact) mass is 186 g/mol. The van der Waals surface area contributed by atoms with Crippen LogP contribution < -0.4 is 5.84 Å². The molecule has 1 aromatic rings. The number of carbonyl (C=O) groups excluding carboxylic acids is 1. The molecular formula is C8H8F2N2O. The van der Waals surface area contributed by atoms with Gasteiger partial charge in [0.2, 0.25) is 0 Å². The number of hydrazine groups is 1. The SMILES string of the molecule is CN(N)C(=O)c1ccc(F)cc1F. The van der Waals surface area contributed by atoms with E-state index in [2.05, 4.69) is 0 Å². The van der Waals surface area contributed by atoms with Crippen molar-refractivity contribution in [2.24, 2.45) is 5.84 Å². The van der Waals surface area contributed by atoms with E-state index >= 15 is 0 Å². The first-order chi connectivity index (χ1) is 6.02. The Morgan fingerprint density at radius 2 is 2.08 bits per heavy atom. The second-order valence-corrected chi connectivity index (χ2v) is 2.54. The van der Waals surface area contributed by atoms with Crippen LogP contribution in [0.15, 0.2) is 18.2 Å². The maximum Gasteiger partial charge on any atom is 0.270 e. The second-order valence-electron chi connectivity index (χ2n) is 2.54. The highest BCUT2D eigenvalue weighted by Gasteiger charge is 2.13. The van der Waals surface area contributed by atoms with Crippen molar-refractivity contribution in [3.8, 4) is 0 Å². The Morgan fingerprint density at radius 3 is 2.54 bits per heavy atom. The van der Waals surface area contributed by atoms with Crippen LogP contribution in [0.5, 0.6) is 0 Å². The number of benzene rings is 1. The number of carbonyl (C=O) groups is 1. The van der Waals surface area contributed by atoms with Gasteiger partial charge in [-0.25, -0.2) is 14.6 Å². The largest absolute Gasteiger partial charge is 0.280 e. The Bertz CT molecular complexity index is 339. The van der Waals surface area contributed by atoms with Crippen LogP contribution in [0.4, 0.5) is 8.78 Å². The molecule has 1 rings (SSSR count). The van der Waals surface area contributed by atoms with E-state index in [1.807, 2.05) is 0 Å². The average Bonchev–Trinajstić information content (AvgIpc) is 2.03. The quantitative estimate of drug-likeness (QED) is 0.402. The van der Waals surface area contributed by atoms with Gasteiger partial charge in [0.1, 0.15) is 11.6 Å².